The normalized spacial score (nSPS) is 14.0. The van der Waals surface area contributed by atoms with Crippen LogP contribution in [0, 0.1) is 5.82 Å². The van der Waals surface area contributed by atoms with Crippen LogP contribution in [0.1, 0.15) is 30.1 Å². The standard InChI is InChI=1S/C20H15F4N3O3/c21-13-6-7-15-16(10-13)25-18(12-4-5-12)27(19(15)29)26-17(28)9-11-2-1-3-14(8-11)30-20(22,23)24/h1-3,6-8,10,12H,4-5,9H2,(H,26,28). The number of benzene rings is 2. The molecule has 1 N–H and O–H groups in total. The van der Waals surface area contributed by atoms with E-state index in [2.05, 4.69) is 15.1 Å². The number of nitrogens with one attached hydrogen (secondary N) is 1. The molecule has 0 unspecified atom stereocenters. The molecule has 0 aliphatic heterocycles. The number of nitrogens with zero attached hydrogens (tertiary/aromatic N) is 2. The maximum atomic E-state index is 13.5. The minimum atomic E-state index is -4.84. The van der Waals surface area contributed by atoms with Crippen molar-refractivity contribution in [2.24, 2.45) is 0 Å². The summed E-state index contributed by atoms with van der Waals surface area (Å²) in [6.07, 6.45) is -3.57. The Labute approximate surface area is 167 Å². The number of ether oxygens (including phenoxy) is 1. The number of halogens is 4. The van der Waals surface area contributed by atoms with E-state index in [0.717, 1.165) is 41.8 Å². The van der Waals surface area contributed by atoms with Crippen LogP contribution < -0.4 is 15.7 Å². The van der Waals surface area contributed by atoms with Crippen molar-refractivity contribution in [3.05, 3.63) is 70.0 Å². The highest BCUT2D eigenvalue weighted by Gasteiger charge is 2.31. The molecule has 1 fully saturated rings. The molecular formula is C20H15F4N3O3. The summed E-state index contributed by atoms with van der Waals surface area (Å²) in [5.41, 5.74) is 2.39. The van der Waals surface area contributed by atoms with Gasteiger partial charge in [0, 0.05) is 12.0 Å². The van der Waals surface area contributed by atoms with Gasteiger partial charge in [0.25, 0.3) is 5.56 Å². The van der Waals surface area contributed by atoms with E-state index in [-0.39, 0.29) is 28.8 Å². The van der Waals surface area contributed by atoms with E-state index in [0.29, 0.717) is 5.82 Å². The molecule has 1 heterocycles. The second-order valence-corrected chi connectivity index (χ2v) is 6.95. The van der Waals surface area contributed by atoms with Gasteiger partial charge in [0.15, 0.2) is 0 Å². The molecule has 6 nitrogen and oxygen atoms in total. The molecule has 1 aliphatic rings. The first-order valence-electron chi connectivity index (χ1n) is 9.06. The highest BCUT2D eigenvalue weighted by Crippen LogP contribution is 2.38. The Morgan fingerprint density at radius 1 is 1.20 bits per heavy atom. The number of aromatic nitrogens is 2. The zero-order valence-electron chi connectivity index (χ0n) is 15.4. The van der Waals surface area contributed by atoms with Gasteiger partial charge in [0.05, 0.1) is 17.3 Å². The average Bonchev–Trinajstić information content (AvgIpc) is 3.47. The van der Waals surface area contributed by atoms with Gasteiger partial charge in [-0.1, -0.05) is 12.1 Å². The van der Waals surface area contributed by atoms with Crippen LogP contribution in [0.25, 0.3) is 10.9 Å². The molecule has 3 aromatic rings. The summed E-state index contributed by atoms with van der Waals surface area (Å²) < 4.78 is 55.5. The summed E-state index contributed by atoms with van der Waals surface area (Å²) in [5.74, 6) is -1.31. The Balaban J connectivity index is 1.60. The van der Waals surface area contributed by atoms with Gasteiger partial charge >= 0.3 is 6.36 Å². The molecule has 30 heavy (non-hydrogen) atoms. The number of amides is 1. The van der Waals surface area contributed by atoms with Crippen molar-refractivity contribution < 1.29 is 27.1 Å². The molecule has 1 amide bonds. The molecule has 1 saturated carbocycles. The van der Waals surface area contributed by atoms with Crippen molar-refractivity contribution >= 4 is 16.8 Å². The van der Waals surface area contributed by atoms with Crippen LogP contribution in [0.3, 0.4) is 0 Å². The first-order valence-corrected chi connectivity index (χ1v) is 9.06. The molecule has 0 spiro atoms. The lowest BCUT2D eigenvalue weighted by atomic mass is 10.1. The zero-order valence-corrected chi connectivity index (χ0v) is 15.4. The van der Waals surface area contributed by atoms with Crippen molar-refractivity contribution in [3.63, 3.8) is 0 Å². The minimum absolute atomic E-state index is 0.0332. The van der Waals surface area contributed by atoms with Gasteiger partial charge < -0.3 is 4.74 Å². The molecule has 0 bridgehead atoms. The SMILES string of the molecule is O=C(Cc1cccc(OC(F)(F)F)c1)Nn1c(C2CC2)nc2cc(F)ccc2c1=O. The fourth-order valence-corrected chi connectivity index (χ4v) is 3.10. The monoisotopic (exact) mass is 421 g/mol. The lowest BCUT2D eigenvalue weighted by molar-refractivity contribution is -0.274. The molecule has 0 radical (unpaired) electrons. The molecule has 0 saturated heterocycles. The van der Waals surface area contributed by atoms with E-state index in [1.54, 1.807) is 0 Å². The number of hydrogen-bond acceptors (Lipinski definition) is 4. The Morgan fingerprint density at radius 3 is 2.67 bits per heavy atom. The fourth-order valence-electron chi connectivity index (χ4n) is 3.10. The Morgan fingerprint density at radius 2 is 1.97 bits per heavy atom. The molecule has 4 rings (SSSR count). The topological polar surface area (TPSA) is 73.2 Å². The van der Waals surface area contributed by atoms with Gasteiger partial charge in [0.1, 0.15) is 17.4 Å². The Bertz CT molecular complexity index is 1190. The molecular weight excluding hydrogens is 406 g/mol. The minimum Gasteiger partial charge on any atom is -0.406 e. The summed E-state index contributed by atoms with van der Waals surface area (Å²) in [5, 5.41) is 0.140. The molecule has 0 atom stereocenters. The number of hydrogen-bond donors (Lipinski definition) is 1. The van der Waals surface area contributed by atoms with Crippen molar-refractivity contribution in [1.82, 2.24) is 9.66 Å². The molecule has 2 aromatic carbocycles. The lowest BCUT2D eigenvalue weighted by Gasteiger charge is -2.14. The predicted molar refractivity (Wildman–Crippen MR) is 99.1 cm³/mol. The molecule has 1 aliphatic carbocycles. The second-order valence-electron chi connectivity index (χ2n) is 6.95. The van der Waals surface area contributed by atoms with Gasteiger partial charge in [-0.05, 0) is 42.7 Å². The quantitative estimate of drug-likeness (QED) is 0.639. The second kappa shape index (κ2) is 7.43. The molecule has 156 valence electrons. The van der Waals surface area contributed by atoms with E-state index < -0.39 is 29.4 Å². The summed E-state index contributed by atoms with van der Waals surface area (Å²) in [6.45, 7) is 0. The van der Waals surface area contributed by atoms with Crippen LogP contribution in [-0.2, 0) is 11.2 Å². The number of alkyl halides is 3. The number of carbonyl (C=O) groups is 1. The Hall–Kier alpha value is -3.43. The van der Waals surface area contributed by atoms with E-state index in [9.17, 15) is 27.2 Å². The van der Waals surface area contributed by atoms with E-state index in [1.165, 1.54) is 18.2 Å². The van der Waals surface area contributed by atoms with Gasteiger partial charge in [-0.3, -0.25) is 15.0 Å². The lowest BCUT2D eigenvalue weighted by Crippen LogP contribution is -2.37. The van der Waals surface area contributed by atoms with Gasteiger partial charge in [-0.25, -0.2) is 14.1 Å². The average molecular weight is 421 g/mol. The summed E-state index contributed by atoms with van der Waals surface area (Å²) in [6, 6.07) is 8.58. The van der Waals surface area contributed by atoms with Crippen molar-refractivity contribution in [2.45, 2.75) is 31.5 Å². The van der Waals surface area contributed by atoms with E-state index in [4.69, 9.17) is 0 Å². The third-order valence-corrected chi connectivity index (χ3v) is 4.53. The van der Waals surface area contributed by atoms with Gasteiger partial charge in [-0.15, -0.1) is 13.2 Å². The maximum absolute atomic E-state index is 13.5. The highest BCUT2D eigenvalue weighted by molar-refractivity contribution is 5.86. The van der Waals surface area contributed by atoms with E-state index in [1.807, 2.05) is 0 Å². The molecule has 1 aromatic heterocycles. The van der Waals surface area contributed by atoms with Gasteiger partial charge in [-0.2, -0.15) is 0 Å². The first kappa shape index (κ1) is 19.9. The first-order chi connectivity index (χ1) is 14.2. The Kier molecular flexibility index (Phi) is 4.92. The predicted octanol–water partition coefficient (Wildman–Crippen LogP) is 3.62. The van der Waals surface area contributed by atoms with Gasteiger partial charge in [0.2, 0.25) is 5.91 Å². The van der Waals surface area contributed by atoms with Crippen LogP contribution in [0.15, 0.2) is 47.3 Å². The van der Waals surface area contributed by atoms with Crippen molar-refractivity contribution in [2.75, 3.05) is 5.43 Å². The zero-order chi connectivity index (χ0) is 21.5. The summed E-state index contributed by atoms with van der Waals surface area (Å²) in [7, 11) is 0. The largest absolute Gasteiger partial charge is 0.573 e. The van der Waals surface area contributed by atoms with Crippen molar-refractivity contribution in [1.29, 1.82) is 0 Å². The smallest absolute Gasteiger partial charge is 0.406 e. The van der Waals surface area contributed by atoms with Crippen LogP contribution in [0.5, 0.6) is 5.75 Å². The summed E-state index contributed by atoms with van der Waals surface area (Å²) in [4.78, 5) is 29.7. The van der Waals surface area contributed by atoms with Crippen molar-refractivity contribution in [3.8, 4) is 5.75 Å². The third-order valence-electron chi connectivity index (χ3n) is 4.53. The fraction of sp³-hybridized carbons (Fsp3) is 0.250. The van der Waals surface area contributed by atoms with Crippen LogP contribution in [0.4, 0.5) is 17.6 Å². The number of carbonyl (C=O) groups excluding carboxylic acids is 1. The number of rotatable bonds is 5. The molecule has 10 heteroatoms. The van der Waals surface area contributed by atoms with Crippen LogP contribution in [-0.4, -0.2) is 21.9 Å². The maximum Gasteiger partial charge on any atom is 0.573 e. The third kappa shape index (κ3) is 4.42. The van der Waals surface area contributed by atoms with Crippen LogP contribution >= 0.6 is 0 Å². The van der Waals surface area contributed by atoms with Crippen LogP contribution in [0.2, 0.25) is 0 Å². The summed E-state index contributed by atoms with van der Waals surface area (Å²) >= 11 is 0. The highest BCUT2D eigenvalue weighted by atomic mass is 19.4. The number of fused-ring (bicyclic) bond motifs is 1. The van der Waals surface area contributed by atoms with E-state index >= 15 is 0 Å².